The van der Waals surface area contributed by atoms with Gasteiger partial charge in [0.2, 0.25) is 35.4 Å². The summed E-state index contributed by atoms with van der Waals surface area (Å²) in [4.78, 5) is 151. The van der Waals surface area contributed by atoms with E-state index in [1.54, 1.807) is 58.4 Å². The van der Waals surface area contributed by atoms with Gasteiger partial charge in [0.05, 0.1) is 42.4 Å². The summed E-state index contributed by atoms with van der Waals surface area (Å²) >= 11 is 0. The Bertz CT molecular complexity index is 2760. The summed E-state index contributed by atoms with van der Waals surface area (Å²) in [6, 6.07) is 9.05. The van der Waals surface area contributed by atoms with Crippen LogP contribution < -0.4 is 37.6 Å². The predicted octanol–water partition coefficient (Wildman–Crippen LogP) is 4.66. The van der Waals surface area contributed by atoms with Crippen LogP contribution in [0.25, 0.3) is 0 Å². The van der Waals surface area contributed by atoms with Gasteiger partial charge in [0.15, 0.2) is 0 Å². The molecule has 2 aromatic carbocycles. The fourth-order valence-electron chi connectivity index (χ4n) is 11.0. The molecule has 0 aliphatic carbocycles. The van der Waals surface area contributed by atoms with Crippen molar-refractivity contribution < 1.29 is 67.0 Å². The number of hydrogen-bond acceptors (Lipinski definition) is 14. The average molecular weight is 1230 g/mol. The Balaban J connectivity index is 1.42. The lowest BCUT2D eigenvalue weighted by Crippen LogP contribution is -2.58. The van der Waals surface area contributed by atoms with E-state index in [-0.39, 0.29) is 91.8 Å². The smallest absolute Gasteiger partial charge is 0.334 e. The van der Waals surface area contributed by atoms with Gasteiger partial charge in [-0.05, 0) is 93.0 Å². The van der Waals surface area contributed by atoms with Crippen LogP contribution in [0.4, 0.5) is 10.5 Å². The summed E-state index contributed by atoms with van der Waals surface area (Å²) < 4.78 is 17.4. The van der Waals surface area contributed by atoms with Gasteiger partial charge in [-0.1, -0.05) is 98.2 Å². The maximum atomic E-state index is 14.7. The summed E-state index contributed by atoms with van der Waals surface area (Å²) in [5.74, 6) is -6.33. The second kappa shape index (κ2) is 35.7. The van der Waals surface area contributed by atoms with Crippen molar-refractivity contribution in [1.82, 2.24) is 41.3 Å². The van der Waals surface area contributed by atoms with Gasteiger partial charge in [-0.2, -0.15) is 0 Å². The number of nitrogens with zero attached hydrogens (tertiary/aromatic N) is 3. The molecule has 0 radical (unpaired) electrons. The first-order valence-corrected chi connectivity index (χ1v) is 30.4. The van der Waals surface area contributed by atoms with Crippen molar-refractivity contribution >= 4 is 70.9 Å². The SMILES string of the molecule is C=C(C)OC(=O)[C@H](Cc1ccccc1)NC(=O)[C@H](C)[C@@H](OC)[C@@H]1CCCN1C(=O)C[C@@H](OC)[C@H]([C@@H](C)CC)N(C)C(=O)[C@@H](NC(=O)c1ccc(NC(=O)[C@H](CCCNC(N)=O)NC(=O)[C@@H](NC(=O)CCCCCN2C(=O)C=CC2=O)C(C)C)cc1)C(C)C. The second-order valence-electron chi connectivity index (χ2n) is 23.5. The van der Waals surface area contributed by atoms with Crippen LogP contribution in [-0.2, 0) is 63.8 Å². The predicted molar refractivity (Wildman–Crippen MR) is 330 cm³/mol. The number of carbonyl (C=O) groups is 11. The number of nitrogens with two attached hydrogens (primary N) is 1. The number of anilines is 1. The second-order valence-corrected chi connectivity index (χ2v) is 23.5. The van der Waals surface area contributed by atoms with Crippen LogP contribution in [-0.4, -0.2) is 169 Å². The maximum Gasteiger partial charge on any atom is 0.334 e. The number of likely N-dealkylation sites (tertiary alicyclic amines) is 1. The third-order valence-electron chi connectivity index (χ3n) is 16.1. The van der Waals surface area contributed by atoms with Gasteiger partial charge < -0.3 is 61.6 Å². The minimum atomic E-state index is -1.14. The average Bonchev–Trinajstić information content (AvgIpc) is 4.04. The van der Waals surface area contributed by atoms with Crippen molar-refractivity contribution in [3.63, 3.8) is 0 Å². The number of unbranched alkanes of at least 4 members (excludes halogenated alkanes) is 2. The molecular formula is C64H94N10O14. The van der Waals surface area contributed by atoms with Crippen LogP contribution in [0, 0.1) is 23.7 Å². The lowest BCUT2D eigenvalue weighted by Gasteiger charge is -2.40. The molecule has 24 heteroatoms. The first kappa shape index (κ1) is 72.5. The Labute approximate surface area is 517 Å². The topological polar surface area (TPSA) is 323 Å². The highest BCUT2D eigenvalue weighted by Gasteiger charge is 2.44. The van der Waals surface area contributed by atoms with Crippen molar-refractivity contribution in [2.24, 2.45) is 29.4 Å². The maximum absolute atomic E-state index is 14.7. The summed E-state index contributed by atoms with van der Waals surface area (Å²) in [7, 11) is 4.60. The fraction of sp³-hybridized carbons (Fsp3) is 0.578. The van der Waals surface area contributed by atoms with Crippen molar-refractivity contribution in [3.8, 4) is 0 Å². The number of ether oxygens (including phenoxy) is 3. The first-order chi connectivity index (χ1) is 41.7. The first-order valence-electron chi connectivity index (χ1n) is 30.4. The molecule has 2 aliphatic heterocycles. The highest BCUT2D eigenvalue weighted by molar-refractivity contribution is 6.12. The van der Waals surface area contributed by atoms with Crippen molar-refractivity contribution in [3.05, 3.63) is 90.2 Å². The number of benzene rings is 2. The molecule has 0 unspecified atom stereocenters. The molecule has 4 rings (SSSR count). The van der Waals surface area contributed by atoms with E-state index >= 15 is 0 Å². The molecule has 8 N–H and O–H groups in total. The molecule has 88 heavy (non-hydrogen) atoms. The number of imide groups is 1. The van der Waals surface area contributed by atoms with Crippen LogP contribution >= 0.6 is 0 Å². The molecule has 2 aliphatic rings. The number of amides is 11. The molecular weight excluding hydrogens is 1130 g/mol. The Morgan fingerprint density at radius 1 is 0.761 bits per heavy atom. The molecule has 0 spiro atoms. The largest absolute Gasteiger partial charge is 0.430 e. The van der Waals surface area contributed by atoms with Gasteiger partial charge in [0.25, 0.3) is 17.7 Å². The van der Waals surface area contributed by atoms with Gasteiger partial charge in [0.1, 0.15) is 24.2 Å². The molecule has 1 fully saturated rings. The van der Waals surface area contributed by atoms with E-state index in [2.05, 4.69) is 38.5 Å². The number of nitrogens with one attached hydrogen (secondary N) is 6. The van der Waals surface area contributed by atoms with Crippen LogP contribution in [0.15, 0.2) is 79.1 Å². The molecule has 0 saturated carbocycles. The summed E-state index contributed by atoms with van der Waals surface area (Å²) in [5.41, 5.74) is 6.50. The third kappa shape index (κ3) is 21.7. The number of hydrogen-bond donors (Lipinski definition) is 7. The van der Waals surface area contributed by atoms with Crippen LogP contribution in [0.3, 0.4) is 0 Å². The van der Waals surface area contributed by atoms with Crippen molar-refractivity contribution in [1.29, 1.82) is 0 Å². The van der Waals surface area contributed by atoms with Gasteiger partial charge in [0, 0.05) is 77.1 Å². The molecule has 484 valence electrons. The summed E-state index contributed by atoms with van der Waals surface area (Å²) in [6.07, 6.45) is 4.64. The molecule has 24 nitrogen and oxygen atoms in total. The molecule has 10 atom stereocenters. The molecule has 2 heterocycles. The lowest BCUT2D eigenvalue weighted by molar-refractivity contribution is -0.148. The normalized spacial score (nSPS) is 16.9. The summed E-state index contributed by atoms with van der Waals surface area (Å²) in [5, 5.41) is 16.5. The monoisotopic (exact) mass is 1230 g/mol. The number of rotatable bonds is 36. The number of likely N-dealkylation sites (N-methyl/N-ethyl adjacent to an activating group) is 1. The van der Waals surface area contributed by atoms with E-state index in [4.69, 9.17) is 19.9 Å². The zero-order chi connectivity index (χ0) is 65.4. The van der Waals surface area contributed by atoms with E-state index in [1.165, 1.54) is 50.6 Å². The van der Waals surface area contributed by atoms with Gasteiger partial charge in [-0.25, -0.2) is 9.59 Å². The zero-order valence-electron chi connectivity index (χ0n) is 53.0. The standard InChI is InChI=1S/C64H94N10O14/c1-13-41(8)56(49(86-11)37-53(78)73-35-21-25-48(73)57(87-12)42(9)58(79)69-47(63(84)88-40(6)7)36-43-22-16-14-17-23-43)72(10)62(83)55(39(4)5)71-59(80)44-27-29-45(30-28-44)67-60(81)46(24-20-33-66-64(65)85)68-61(82)54(38(2)3)70-50(75)26-18-15-19-34-74-51(76)31-32-52(74)77/h14,16-17,22-23,27-32,38-39,41-42,46-49,54-57H,6,13,15,18-21,24-26,33-37H2,1-5,7-12H3,(H,67,81)(H,68,82)(H,69,79)(H,70,75)(H,71,80)(H3,65,66,85)/t41-,42+,46-,47-,48-,49+,54-,55-,56-,57+/m0/s1. The molecule has 1 saturated heterocycles. The Kier molecular flexibility index (Phi) is 29.4. The minimum absolute atomic E-state index is 0.0673. The lowest BCUT2D eigenvalue weighted by atomic mass is 9.89. The van der Waals surface area contributed by atoms with E-state index < -0.39 is 108 Å². The van der Waals surface area contributed by atoms with Crippen LogP contribution in [0.5, 0.6) is 0 Å². The van der Waals surface area contributed by atoms with Crippen molar-refractivity contribution in [2.45, 2.75) is 174 Å². The van der Waals surface area contributed by atoms with Crippen molar-refractivity contribution in [2.75, 3.05) is 46.2 Å². The van der Waals surface area contributed by atoms with E-state index in [1.807, 2.05) is 44.2 Å². The van der Waals surface area contributed by atoms with Crippen LogP contribution in [0.1, 0.15) is 136 Å². The Morgan fingerprint density at radius 2 is 1.40 bits per heavy atom. The molecule has 11 amide bonds. The Hall–Kier alpha value is -7.99. The number of carbonyl (C=O) groups excluding carboxylic acids is 11. The minimum Gasteiger partial charge on any atom is -0.430 e. The van der Waals surface area contributed by atoms with E-state index in [0.717, 1.165) is 10.5 Å². The number of primary amides is 1. The zero-order valence-corrected chi connectivity index (χ0v) is 53.0. The van der Waals surface area contributed by atoms with Gasteiger partial charge in [-0.3, -0.25) is 48.1 Å². The van der Waals surface area contributed by atoms with Crippen LogP contribution in [0.2, 0.25) is 0 Å². The highest BCUT2D eigenvalue weighted by Crippen LogP contribution is 2.30. The Morgan fingerprint density at radius 3 is 1.98 bits per heavy atom. The number of esters is 1. The molecule has 0 bridgehead atoms. The molecule has 2 aromatic rings. The van der Waals surface area contributed by atoms with Gasteiger partial charge in [-0.15, -0.1) is 0 Å². The van der Waals surface area contributed by atoms with E-state index in [9.17, 15) is 52.7 Å². The van der Waals surface area contributed by atoms with E-state index in [0.29, 0.717) is 45.1 Å². The third-order valence-corrected chi connectivity index (χ3v) is 16.1. The number of methoxy groups -OCH3 is 2. The quantitative estimate of drug-likeness (QED) is 0.0211. The number of allylic oxidation sites excluding steroid dienone is 1. The summed E-state index contributed by atoms with van der Waals surface area (Å²) in [6.45, 7) is 18.7. The fourth-order valence-corrected chi connectivity index (χ4v) is 11.0. The number of urea groups is 1. The molecule has 0 aromatic heterocycles. The highest BCUT2D eigenvalue weighted by atomic mass is 16.5. The van der Waals surface area contributed by atoms with Gasteiger partial charge >= 0.3 is 12.0 Å².